The lowest BCUT2D eigenvalue weighted by Crippen LogP contribution is -2.35. The monoisotopic (exact) mass is 411 g/mol. The number of rotatable bonds is 4. The van der Waals surface area contributed by atoms with Gasteiger partial charge in [0, 0.05) is 22.0 Å². The maximum absolute atomic E-state index is 12.3. The topological polar surface area (TPSA) is 93.9 Å². The van der Waals surface area contributed by atoms with Crippen LogP contribution in [0.4, 0.5) is 5.69 Å². The van der Waals surface area contributed by atoms with E-state index in [-0.39, 0.29) is 12.2 Å². The number of hydrogen-bond donors (Lipinski definition) is 0. The third-order valence-corrected chi connectivity index (χ3v) is 5.07. The molecule has 0 saturated carbocycles. The number of carbonyl (C=O) groups is 3. The van der Waals surface area contributed by atoms with Crippen molar-refractivity contribution in [1.82, 2.24) is 0 Å². The first-order chi connectivity index (χ1) is 13.8. The number of carbonyl (C=O) groups excluding carboxylic acids is 3. The average Bonchev–Trinajstić information content (AvgIpc) is 2.93. The Labute approximate surface area is 169 Å². The molecule has 0 spiro atoms. The molecule has 1 aromatic heterocycles. The molecule has 29 heavy (non-hydrogen) atoms. The minimum absolute atomic E-state index is 0.210. The van der Waals surface area contributed by atoms with Gasteiger partial charge in [-0.05, 0) is 36.8 Å². The molecule has 1 aliphatic rings. The molecule has 0 saturated heterocycles. The fraction of sp³-hybridized carbons (Fsp3) is 0.143. The number of para-hydroxylation sites is 1. The Kier molecular flexibility index (Phi) is 4.68. The first-order valence-corrected chi connectivity index (χ1v) is 9.06. The fourth-order valence-corrected chi connectivity index (χ4v) is 3.37. The maximum atomic E-state index is 12.3. The summed E-state index contributed by atoms with van der Waals surface area (Å²) in [6, 6.07) is 10.9. The predicted molar refractivity (Wildman–Crippen MR) is 105 cm³/mol. The summed E-state index contributed by atoms with van der Waals surface area (Å²) < 4.78 is 10.4. The molecule has 0 aliphatic carbocycles. The van der Waals surface area contributed by atoms with Gasteiger partial charge >= 0.3 is 11.6 Å². The molecular weight excluding hydrogens is 398 g/mol. The van der Waals surface area contributed by atoms with E-state index in [4.69, 9.17) is 20.8 Å². The third kappa shape index (κ3) is 3.40. The van der Waals surface area contributed by atoms with Gasteiger partial charge in [-0.2, -0.15) is 0 Å². The summed E-state index contributed by atoms with van der Waals surface area (Å²) in [6.45, 7) is 1.15. The number of fused-ring (bicyclic) bond motifs is 2. The van der Waals surface area contributed by atoms with E-state index < -0.39 is 29.8 Å². The van der Waals surface area contributed by atoms with Crippen LogP contribution in [-0.4, -0.2) is 24.2 Å². The molecule has 1 aliphatic heterocycles. The first kappa shape index (κ1) is 18.9. The van der Waals surface area contributed by atoms with Crippen LogP contribution in [-0.2, 0) is 20.9 Å². The van der Waals surface area contributed by atoms with Crippen molar-refractivity contribution in [2.24, 2.45) is 0 Å². The van der Waals surface area contributed by atoms with E-state index in [0.717, 1.165) is 10.5 Å². The highest BCUT2D eigenvalue weighted by Crippen LogP contribution is 2.28. The van der Waals surface area contributed by atoms with Crippen molar-refractivity contribution in [1.29, 1.82) is 0 Å². The number of esters is 1. The Morgan fingerprint density at radius 2 is 1.90 bits per heavy atom. The summed E-state index contributed by atoms with van der Waals surface area (Å²) in [7, 11) is 0. The van der Waals surface area contributed by atoms with E-state index in [2.05, 4.69) is 0 Å². The Bertz CT molecular complexity index is 1250. The van der Waals surface area contributed by atoms with Gasteiger partial charge in [0.05, 0.1) is 11.3 Å². The number of hydrogen-bond acceptors (Lipinski definition) is 6. The third-order valence-electron chi connectivity index (χ3n) is 4.66. The summed E-state index contributed by atoms with van der Waals surface area (Å²) in [5.41, 5.74) is 1.54. The molecule has 2 heterocycles. The average molecular weight is 412 g/mol. The van der Waals surface area contributed by atoms with E-state index >= 15 is 0 Å². The van der Waals surface area contributed by atoms with Crippen LogP contribution in [0.2, 0.25) is 5.02 Å². The van der Waals surface area contributed by atoms with Crippen molar-refractivity contribution < 1.29 is 23.5 Å². The fourth-order valence-electron chi connectivity index (χ4n) is 3.21. The Morgan fingerprint density at radius 3 is 2.69 bits per heavy atom. The SMILES string of the molecule is Cc1cc2oc(=O)cc(COC(=O)CN3C(=O)C(=O)c4ccccc43)c2cc1Cl. The zero-order chi connectivity index (χ0) is 20.7. The molecule has 8 heteroatoms. The number of halogens is 1. The van der Waals surface area contributed by atoms with E-state index in [9.17, 15) is 19.2 Å². The van der Waals surface area contributed by atoms with Crippen molar-refractivity contribution in [2.45, 2.75) is 13.5 Å². The van der Waals surface area contributed by atoms with Crippen molar-refractivity contribution in [2.75, 3.05) is 11.4 Å². The molecule has 3 aromatic rings. The van der Waals surface area contributed by atoms with Crippen LogP contribution < -0.4 is 10.5 Å². The van der Waals surface area contributed by atoms with Crippen LogP contribution >= 0.6 is 11.6 Å². The zero-order valence-corrected chi connectivity index (χ0v) is 16.0. The van der Waals surface area contributed by atoms with Gasteiger partial charge in [-0.15, -0.1) is 0 Å². The lowest BCUT2D eigenvalue weighted by Gasteiger charge is -2.15. The van der Waals surface area contributed by atoms with Crippen molar-refractivity contribution in [3.63, 3.8) is 0 Å². The van der Waals surface area contributed by atoms with Crippen LogP contribution in [0.1, 0.15) is 21.5 Å². The molecule has 146 valence electrons. The molecule has 0 atom stereocenters. The standard InChI is InChI=1S/C21H14ClNO6/c1-11-6-17-14(8-15(11)22)12(7-18(24)29-17)10-28-19(25)9-23-16-5-3-2-4-13(16)20(26)21(23)27/h2-8H,9-10H2,1H3. The van der Waals surface area contributed by atoms with E-state index in [1.807, 2.05) is 0 Å². The molecule has 0 unspecified atom stereocenters. The number of amides is 1. The molecule has 0 radical (unpaired) electrons. The summed E-state index contributed by atoms with van der Waals surface area (Å²) in [5, 5.41) is 1.03. The molecule has 7 nitrogen and oxygen atoms in total. The predicted octanol–water partition coefficient (Wildman–Crippen LogP) is 3.03. The second kappa shape index (κ2) is 7.18. The van der Waals surface area contributed by atoms with Crippen molar-refractivity contribution in [3.8, 4) is 0 Å². The minimum Gasteiger partial charge on any atom is -0.459 e. The maximum Gasteiger partial charge on any atom is 0.336 e. The molecule has 0 N–H and O–H groups in total. The Hall–Kier alpha value is -3.45. The van der Waals surface area contributed by atoms with Gasteiger partial charge in [-0.25, -0.2) is 4.79 Å². The molecule has 1 amide bonds. The highest BCUT2D eigenvalue weighted by molar-refractivity contribution is 6.52. The second-order valence-electron chi connectivity index (χ2n) is 6.59. The van der Waals surface area contributed by atoms with Gasteiger partial charge in [0.2, 0.25) is 0 Å². The van der Waals surface area contributed by atoms with Crippen LogP contribution in [0.15, 0.2) is 51.7 Å². The van der Waals surface area contributed by atoms with Gasteiger partial charge in [0.25, 0.3) is 11.7 Å². The molecule has 0 fully saturated rings. The lowest BCUT2D eigenvalue weighted by atomic mass is 10.1. The number of aryl methyl sites for hydroxylation is 1. The van der Waals surface area contributed by atoms with E-state index in [1.54, 1.807) is 37.3 Å². The molecule has 4 rings (SSSR count). The van der Waals surface area contributed by atoms with Crippen molar-refractivity contribution in [3.05, 3.63) is 74.6 Å². The number of Topliss-reactive ketones (excluding diaryl/α,β-unsaturated/α-hetero) is 1. The van der Waals surface area contributed by atoms with Crippen LogP contribution in [0.25, 0.3) is 11.0 Å². The second-order valence-corrected chi connectivity index (χ2v) is 6.99. The molecular formula is C21H14ClNO6. The largest absolute Gasteiger partial charge is 0.459 e. The lowest BCUT2D eigenvalue weighted by molar-refractivity contribution is -0.143. The van der Waals surface area contributed by atoms with E-state index in [1.165, 1.54) is 12.1 Å². The van der Waals surface area contributed by atoms with Crippen molar-refractivity contribution >= 4 is 45.9 Å². The summed E-state index contributed by atoms with van der Waals surface area (Å²) in [5.74, 6) is -2.16. The Balaban J connectivity index is 1.54. The van der Waals surface area contributed by atoms with Gasteiger partial charge in [0.1, 0.15) is 18.7 Å². The number of nitrogens with zero attached hydrogens (tertiary/aromatic N) is 1. The van der Waals surface area contributed by atoms with Gasteiger partial charge in [-0.3, -0.25) is 19.3 Å². The zero-order valence-electron chi connectivity index (χ0n) is 15.2. The number of ketones is 1. The van der Waals surface area contributed by atoms with Crippen LogP contribution in [0, 0.1) is 6.92 Å². The van der Waals surface area contributed by atoms with Crippen LogP contribution in [0.5, 0.6) is 0 Å². The van der Waals surface area contributed by atoms with Gasteiger partial charge in [0.15, 0.2) is 0 Å². The summed E-state index contributed by atoms with van der Waals surface area (Å²) in [6.07, 6.45) is 0. The first-order valence-electron chi connectivity index (χ1n) is 8.69. The highest BCUT2D eigenvalue weighted by Gasteiger charge is 2.36. The van der Waals surface area contributed by atoms with E-state index in [0.29, 0.717) is 27.2 Å². The number of ether oxygens (including phenoxy) is 1. The van der Waals surface area contributed by atoms with Gasteiger partial charge < -0.3 is 9.15 Å². The normalized spacial score (nSPS) is 13.1. The minimum atomic E-state index is -0.781. The smallest absolute Gasteiger partial charge is 0.336 e. The Morgan fingerprint density at radius 1 is 1.14 bits per heavy atom. The molecule has 2 aromatic carbocycles. The number of benzene rings is 2. The van der Waals surface area contributed by atoms with Gasteiger partial charge in [-0.1, -0.05) is 23.7 Å². The summed E-state index contributed by atoms with van der Waals surface area (Å²) in [4.78, 5) is 49.4. The summed E-state index contributed by atoms with van der Waals surface area (Å²) >= 11 is 6.15. The van der Waals surface area contributed by atoms with Crippen LogP contribution in [0.3, 0.4) is 0 Å². The number of anilines is 1. The highest BCUT2D eigenvalue weighted by atomic mass is 35.5. The molecule has 0 bridgehead atoms. The quantitative estimate of drug-likeness (QED) is 0.372.